The Morgan fingerprint density at radius 3 is 2.41 bits per heavy atom. The largest absolute Gasteiger partial charge is 0.457 e. The Morgan fingerprint density at radius 1 is 1.00 bits per heavy atom. The van der Waals surface area contributed by atoms with Crippen molar-refractivity contribution >= 4 is 22.8 Å². The number of imidazole rings is 1. The average molecular weight is 460 g/mol. The minimum Gasteiger partial charge on any atom is -0.457 e. The molecule has 0 saturated heterocycles. The molecule has 8 nitrogen and oxygen atoms in total. The molecule has 5 rings (SSSR count). The van der Waals surface area contributed by atoms with E-state index in [9.17, 15) is 9.59 Å². The van der Waals surface area contributed by atoms with Gasteiger partial charge in [-0.2, -0.15) is 4.98 Å². The Hall–Kier alpha value is -3.81. The maximum Gasteiger partial charge on any atom is 0.332 e. The number of rotatable bonds is 6. The summed E-state index contributed by atoms with van der Waals surface area (Å²) in [6.07, 6.45) is 1.69. The number of benzene rings is 2. The zero-order valence-corrected chi connectivity index (χ0v) is 19.8. The zero-order valence-electron chi connectivity index (χ0n) is 19.8. The predicted molar refractivity (Wildman–Crippen MR) is 133 cm³/mol. The number of anilines is 2. The van der Waals surface area contributed by atoms with Crippen molar-refractivity contribution in [1.29, 1.82) is 0 Å². The number of aromatic nitrogens is 4. The van der Waals surface area contributed by atoms with Crippen molar-refractivity contribution in [3.8, 4) is 11.5 Å². The van der Waals surface area contributed by atoms with E-state index < -0.39 is 0 Å². The van der Waals surface area contributed by atoms with Gasteiger partial charge in [-0.1, -0.05) is 38.5 Å². The third-order valence-corrected chi connectivity index (χ3v) is 6.30. The lowest BCUT2D eigenvalue weighted by atomic mass is 10.1. The summed E-state index contributed by atoms with van der Waals surface area (Å²) in [5.41, 5.74) is 1.31. The van der Waals surface area contributed by atoms with Crippen molar-refractivity contribution < 1.29 is 4.74 Å². The topological polar surface area (TPSA) is 74.3 Å². The van der Waals surface area contributed by atoms with Crippen molar-refractivity contribution in [3.63, 3.8) is 0 Å². The van der Waals surface area contributed by atoms with Gasteiger partial charge in [0.05, 0.1) is 0 Å². The summed E-state index contributed by atoms with van der Waals surface area (Å²) >= 11 is 0. The monoisotopic (exact) mass is 459 g/mol. The molecule has 0 bridgehead atoms. The molecule has 1 atom stereocenters. The fourth-order valence-electron chi connectivity index (χ4n) is 4.55. The van der Waals surface area contributed by atoms with Crippen LogP contribution in [0, 0.1) is 5.92 Å². The molecule has 0 amide bonds. The van der Waals surface area contributed by atoms with Crippen LogP contribution < -0.4 is 20.9 Å². The molecule has 2 aromatic heterocycles. The van der Waals surface area contributed by atoms with Crippen LogP contribution in [-0.2, 0) is 20.1 Å². The molecule has 1 aliphatic rings. The first-order chi connectivity index (χ1) is 16.5. The molecule has 4 aromatic rings. The highest BCUT2D eigenvalue weighted by Crippen LogP contribution is 2.34. The predicted octanol–water partition coefficient (Wildman–Crippen LogP) is 4.28. The highest BCUT2D eigenvalue weighted by Gasteiger charge is 2.29. The molecule has 3 heterocycles. The lowest BCUT2D eigenvalue weighted by molar-refractivity contribution is 0.457. The zero-order chi connectivity index (χ0) is 23.8. The van der Waals surface area contributed by atoms with E-state index in [2.05, 4.69) is 11.8 Å². The minimum atomic E-state index is -0.316. The summed E-state index contributed by atoms with van der Waals surface area (Å²) in [4.78, 5) is 33.1. The van der Waals surface area contributed by atoms with Crippen LogP contribution >= 0.6 is 0 Å². The molecule has 0 saturated carbocycles. The van der Waals surface area contributed by atoms with Crippen LogP contribution in [0.5, 0.6) is 11.5 Å². The van der Waals surface area contributed by atoms with E-state index in [4.69, 9.17) is 9.72 Å². The van der Waals surface area contributed by atoms with Gasteiger partial charge in [-0.15, -0.1) is 0 Å². The van der Waals surface area contributed by atoms with Crippen molar-refractivity contribution in [2.75, 3.05) is 11.4 Å². The van der Waals surface area contributed by atoms with E-state index in [1.54, 1.807) is 7.05 Å². The maximum atomic E-state index is 13.4. The number of aryl methyl sites for hydroxylation is 1. The van der Waals surface area contributed by atoms with Crippen LogP contribution in [0.2, 0.25) is 0 Å². The SMILES string of the molecule is CCCCn1c(=O)c2c(nc3n2CC(C)CN3c2ccc(Oc3ccccc3)cc2)n(C)c1=O. The maximum absolute atomic E-state index is 13.4. The van der Waals surface area contributed by atoms with E-state index >= 15 is 0 Å². The van der Waals surface area contributed by atoms with E-state index in [0.717, 1.165) is 36.6 Å². The van der Waals surface area contributed by atoms with Crippen LogP contribution in [0.4, 0.5) is 11.6 Å². The third-order valence-electron chi connectivity index (χ3n) is 6.30. The normalized spacial score (nSPS) is 15.5. The lowest BCUT2D eigenvalue weighted by Crippen LogP contribution is -2.40. The first-order valence-corrected chi connectivity index (χ1v) is 11.8. The summed E-state index contributed by atoms with van der Waals surface area (Å²) in [6, 6.07) is 17.5. The number of unbranched alkanes of at least 4 members (excludes halogenated alkanes) is 1. The fourth-order valence-corrected chi connectivity index (χ4v) is 4.55. The van der Waals surface area contributed by atoms with E-state index in [1.807, 2.05) is 66.1 Å². The number of ether oxygens (including phenoxy) is 1. The smallest absolute Gasteiger partial charge is 0.332 e. The summed E-state index contributed by atoms with van der Waals surface area (Å²) in [5.74, 6) is 2.51. The Balaban J connectivity index is 1.56. The summed E-state index contributed by atoms with van der Waals surface area (Å²) < 4.78 is 10.7. The van der Waals surface area contributed by atoms with Gasteiger partial charge in [-0.05, 0) is 48.7 Å². The average Bonchev–Trinajstić information content (AvgIpc) is 3.23. The molecule has 8 heteroatoms. The number of nitrogens with zero attached hydrogens (tertiary/aromatic N) is 5. The number of hydrogen-bond acceptors (Lipinski definition) is 5. The van der Waals surface area contributed by atoms with Crippen LogP contribution in [0.15, 0.2) is 64.2 Å². The van der Waals surface area contributed by atoms with Crippen LogP contribution in [0.1, 0.15) is 26.7 Å². The van der Waals surface area contributed by atoms with Gasteiger partial charge >= 0.3 is 5.69 Å². The first-order valence-electron chi connectivity index (χ1n) is 11.8. The molecule has 0 spiro atoms. The quantitative estimate of drug-likeness (QED) is 0.430. The summed E-state index contributed by atoms with van der Waals surface area (Å²) in [7, 11) is 1.69. The Bertz CT molecular complexity index is 1430. The van der Waals surface area contributed by atoms with E-state index in [1.165, 1.54) is 9.13 Å². The van der Waals surface area contributed by atoms with Gasteiger partial charge in [0, 0.05) is 32.4 Å². The molecule has 0 radical (unpaired) electrons. The standard InChI is InChI=1S/C26H29N5O3/c1-4-5-15-29-24(32)22-23(28(3)26(29)33)27-25-30(16-18(2)17-31(22)25)19-11-13-21(14-12-19)34-20-9-7-6-8-10-20/h6-14,18H,4-5,15-17H2,1-3H3. The van der Waals surface area contributed by atoms with Crippen molar-refractivity contribution in [3.05, 3.63) is 75.4 Å². The summed E-state index contributed by atoms with van der Waals surface area (Å²) in [6.45, 7) is 6.07. The fraction of sp³-hybridized carbons (Fsp3) is 0.346. The molecular formula is C26H29N5O3. The van der Waals surface area contributed by atoms with Gasteiger partial charge in [0.15, 0.2) is 11.2 Å². The Labute approximate surface area is 197 Å². The first kappa shape index (κ1) is 22.0. The number of para-hydroxylation sites is 1. The molecule has 0 aliphatic carbocycles. The molecule has 0 fully saturated rings. The molecule has 176 valence electrons. The minimum absolute atomic E-state index is 0.258. The highest BCUT2D eigenvalue weighted by molar-refractivity contribution is 5.77. The Morgan fingerprint density at radius 2 is 1.71 bits per heavy atom. The lowest BCUT2D eigenvalue weighted by Gasteiger charge is -2.33. The van der Waals surface area contributed by atoms with Gasteiger partial charge in [-0.25, -0.2) is 4.79 Å². The number of fused-ring (bicyclic) bond motifs is 3. The van der Waals surface area contributed by atoms with Crippen molar-refractivity contribution in [2.24, 2.45) is 13.0 Å². The second kappa shape index (κ2) is 8.85. The third kappa shape index (κ3) is 3.79. The van der Waals surface area contributed by atoms with Gasteiger partial charge in [0.1, 0.15) is 11.5 Å². The molecule has 1 unspecified atom stereocenters. The molecular weight excluding hydrogens is 430 g/mol. The molecule has 1 aliphatic heterocycles. The summed E-state index contributed by atoms with van der Waals surface area (Å²) in [5, 5.41) is 0. The van der Waals surface area contributed by atoms with Crippen molar-refractivity contribution in [2.45, 2.75) is 39.8 Å². The van der Waals surface area contributed by atoms with Crippen LogP contribution in [0.25, 0.3) is 11.2 Å². The van der Waals surface area contributed by atoms with Gasteiger partial charge in [0.25, 0.3) is 5.56 Å². The van der Waals surface area contributed by atoms with Gasteiger partial charge < -0.3 is 14.2 Å². The molecule has 34 heavy (non-hydrogen) atoms. The molecule has 2 aromatic carbocycles. The second-order valence-corrected chi connectivity index (χ2v) is 8.97. The van der Waals surface area contributed by atoms with E-state index in [0.29, 0.717) is 36.1 Å². The number of hydrogen-bond donors (Lipinski definition) is 0. The van der Waals surface area contributed by atoms with Crippen molar-refractivity contribution in [1.82, 2.24) is 18.7 Å². The van der Waals surface area contributed by atoms with Gasteiger partial charge in [-0.3, -0.25) is 13.9 Å². The second-order valence-electron chi connectivity index (χ2n) is 8.97. The highest BCUT2D eigenvalue weighted by atomic mass is 16.5. The van der Waals surface area contributed by atoms with Crippen LogP contribution in [-0.4, -0.2) is 25.2 Å². The van der Waals surface area contributed by atoms with Crippen LogP contribution in [0.3, 0.4) is 0 Å². The Kier molecular flexibility index (Phi) is 5.73. The van der Waals surface area contributed by atoms with E-state index in [-0.39, 0.29) is 11.2 Å². The van der Waals surface area contributed by atoms with Gasteiger partial charge in [0.2, 0.25) is 5.95 Å². The molecule has 0 N–H and O–H groups in total.